The van der Waals surface area contributed by atoms with E-state index in [-0.39, 0.29) is 11.5 Å². The van der Waals surface area contributed by atoms with Crippen molar-refractivity contribution < 1.29 is 19.4 Å². The zero-order chi connectivity index (χ0) is 13.1. The summed E-state index contributed by atoms with van der Waals surface area (Å²) in [5, 5.41) is 8.91. The number of carbonyl (C=O) groups excluding carboxylic acids is 1. The van der Waals surface area contributed by atoms with Crippen molar-refractivity contribution in [1.29, 1.82) is 0 Å². The fourth-order valence-electron chi connectivity index (χ4n) is 2.05. The molecule has 0 spiro atoms. The maximum absolute atomic E-state index is 11.8. The van der Waals surface area contributed by atoms with Gasteiger partial charge in [0.2, 0.25) is 5.91 Å². The van der Waals surface area contributed by atoms with Crippen molar-refractivity contribution in [2.45, 2.75) is 19.5 Å². The first-order valence-electron chi connectivity index (χ1n) is 5.73. The number of carboxylic acids is 1. The Labute approximate surface area is 105 Å². The molecular formula is C13H15NO4. The van der Waals surface area contributed by atoms with Crippen LogP contribution in [-0.2, 0) is 22.6 Å². The Kier molecular flexibility index (Phi) is 3.62. The Balaban J connectivity index is 2.08. The highest BCUT2D eigenvalue weighted by Gasteiger charge is 2.23. The number of ether oxygens (including phenoxy) is 1. The predicted molar refractivity (Wildman–Crippen MR) is 64.1 cm³/mol. The van der Waals surface area contributed by atoms with Gasteiger partial charge in [-0.25, -0.2) is 4.79 Å². The molecule has 1 aliphatic rings. The Morgan fingerprint density at radius 3 is 2.72 bits per heavy atom. The van der Waals surface area contributed by atoms with Crippen LogP contribution in [0.2, 0.25) is 0 Å². The van der Waals surface area contributed by atoms with Gasteiger partial charge in [0.05, 0.1) is 18.6 Å². The van der Waals surface area contributed by atoms with Gasteiger partial charge in [-0.15, -0.1) is 0 Å². The normalized spacial score (nSPS) is 13.5. The molecular weight excluding hydrogens is 234 g/mol. The van der Waals surface area contributed by atoms with Crippen LogP contribution in [0.4, 0.5) is 0 Å². The molecule has 0 saturated carbocycles. The number of hydrogen-bond acceptors (Lipinski definition) is 3. The molecule has 18 heavy (non-hydrogen) atoms. The zero-order valence-electron chi connectivity index (χ0n) is 10.2. The van der Waals surface area contributed by atoms with Gasteiger partial charge in [0, 0.05) is 20.2 Å². The smallest absolute Gasteiger partial charge is 0.335 e. The first kappa shape index (κ1) is 12.6. The van der Waals surface area contributed by atoms with Gasteiger partial charge in [-0.3, -0.25) is 4.79 Å². The molecule has 1 heterocycles. The quantitative estimate of drug-likeness (QED) is 0.872. The molecule has 0 radical (unpaired) electrons. The summed E-state index contributed by atoms with van der Waals surface area (Å²) in [7, 11) is 1.56. The predicted octanol–water partition coefficient (Wildman–Crippen LogP) is 1.26. The lowest BCUT2D eigenvalue weighted by Gasteiger charge is -2.14. The van der Waals surface area contributed by atoms with Gasteiger partial charge in [0.15, 0.2) is 0 Å². The first-order valence-corrected chi connectivity index (χ1v) is 5.73. The summed E-state index contributed by atoms with van der Waals surface area (Å²) in [4.78, 5) is 24.4. The number of carboxylic acid groups (broad SMARTS) is 1. The van der Waals surface area contributed by atoms with Gasteiger partial charge >= 0.3 is 5.97 Å². The van der Waals surface area contributed by atoms with Gasteiger partial charge in [0.25, 0.3) is 0 Å². The molecule has 2 rings (SSSR count). The maximum atomic E-state index is 11.8. The second-order valence-electron chi connectivity index (χ2n) is 4.28. The Bertz CT molecular complexity index is 484. The van der Waals surface area contributed by atoms with Crippen molar-refractivity contribution in [3.8, 4) is 0 Å². The topological polar surface area (TPSA) is 66.8 Å². The lowest BCUT2D eigenvalue weighted by Crippen LogP contribution is -2.26. The number of carbonyl (C=O) groups is 2. The number of aromatic carboxylic acids is 1. The molecule has 1 aromatic carbocycles. The zero-order valence-corrected chi connectivity index (χ0v) is 10.2. The molecule has 1 aliphatic heterocycles. The highest BCUT2D eigenvalue weighted by Crippen LogP contribution is 2.24. The highest BCUT2D eigenvalue weighted by atomic mass is 16.5. The summed E-state index contributed by atoms with van der Waals surface area (Å²) in [5.74, 6) is -0.910. The standard InChI is InChI=1S/C13H15NO4/c1-18-5-4-12(15)14-7-10-3-2-9(13(16)17)6-11(10)8-14/h2-3,6H,4-5,7-8H2,1H3,(H,16,17). The molecule has 0 bridgehead atoms. The van der Waals surface area contributed by atoms with E-state index in [1.54, 1.807) is 30.2 Å². The second-order valence-corrected chi connectivity index (χ2v) is 4.28. The Morgan fingerprint density at radius 1 is 1.33 bits per heavy atom. The average Bonchev–Trinajstić information content (AvgIpc) is 2.78. The first-order chi connectivity index (χ1) is 8.61. The van der Waals surface area contributed by atoms with E-state index in [9.17, 15) is 9.59 Å². The van der Waals surface area contributed by atoms with Crippen LogP contribution in [0.25, 0.3) is 0 Å². The average molecular weight is 249 g/mol. The minimum Gasteiger partial charge on any atom is -0.478 e. The van der Waals surface area contributed by atoms with E-state index in [4.69, 9.17) is 9.84 Å². The molecule has 0 unspecified atom stereocenters. The van der Waals surface area contributed by atoms with Crippen molar-refractivity contribution in [1.82, 2.24) is 4.90 Å². The Hall–Kier alpha value is -1.88. The monoisotopic (exact) mass is 249 g/mol. The minimum atomic E-state index is -0.943. The number of rotatable bonds is 4. The molecule has 5 nitrogen and oxygen atoms in total. The van der Waals surface area contributed by atoms with Crippen LogP contribution in [0.3, 0.4) is 0 Å². The lowest BCUT2D eigenvalue weighted by molar-refractivity contribution is -0.132. The summed E-state index contributed by atoms with van der Waals surface area (Å²) in [6, 6.07) is 4.99. The number of nitrogens with zero attached hydrogens (tertiary/aromatic N) is 1. The molecule has 1 N–H and O–H groups in total. The summed E-state index contributed by atoms with van der Waals surface area (Å²) < 4.78 is 4.87. The van der Waals surface area contributed by atoms with Crippen LogP contribution in [-0.4, -0.2) is 35.6 Å². The summed E-state index contributed by atoms with van der Waals surface area (Å²) >= 11 is 0. The number of hydrogen-bond donors (Lipinski definition) is 1. The van der Waals surface area contributed by atoms with Gasteiger partial charge < -0.3 is 14.7 Å². The van der Waals surface area contributed by atoms with Crippen LogP contribution in [0.1, 0.15) is 27.9 Å². The molecule has 1 aromatic rings. The maximum Gasteiger partial charge on any atom is 0.335 e. The third-order valence-electron chi connectivity index (χ3n) is 3.05. The Morgan fingerprint density at radius 2 is 2.06 bits per heavy atom. The second kappa shape index (κ2) is 5.18. The van der Waals surface area contributed by atoms with E-state index in [1.165, 1.54) is 0 Å². The van der Waals surface area contributed by atoms with E-state index < -0.39 is 5.97 Å². The molecule has 0 fully saturated rings. The van der Waals surface area contributed by atoms with E-state index in [0.29, 0.717) is 26.1 Å². The van der Waals surface area contributed by atoms with Crippen molar-refractivity contribution in [3.05, 3.63) is 34.9 Å². The van der Waals surface area contributed by atoms with Crippen molar-refractivity contribution >= 4 is 11.9 Å². The van der Waals surface area contributed by atoms with Crippen LogP contribution >= 0.6 is 0 Å². The van der Waals surface area contributed by atoms with E-state index >= 15 is 0 Å². The van der Waals surface area contributed by atoms with Gasteiger partial charge in [-0.2, -0.15) is 0 Å². The molecule has 5 heteroatoms. The summed E-state index contributed by atoms with van der Waals surface area (Å²) in [6.45, 7) is 1.45. The molecule has 1 amide bonds. The van der Waals surface area contributed by atoms with Gasteiger partial charge in [-0.05, 0) is 23.3 Å². The van der Waals surface area contributed by atoms with Gasteiger partial charge in [-0.1, -0.05) is 6.07 Å². The minimum absolute atomic E-state index is 0.0323. The van der Waals surface area contributed by atoms with Crippen LogP contribution in [0.15, 0.2) is 18.2 Å². The summed E-state index contributed by atoms with van der Waals surface area (Å²) in [6.07, 6.45) is 0.357. The van der Waals surface area contributed by atoms with E-state index in [1.807, 2.05) is 0 Å². The van der Waals surface area contributed by atoms with Crippen molar-refractivity contribution in [2.75, 3.05) is 13.7 Å². The van der Waals surface area contributed by atoms with E-state index in [2.05, 4.69) is 0 Å². The van der Waals surface area contributed by atoms with Crippen LogP contribution in [0.5, 0.6) is 0 Å². The molecule has 0 aromatic heterocycles. The summed E-state index contributed by atoms with van der Waals surface area (Å²) in [5.41, 5.74) is 2.20. The van der Waals surface area contributed by atoms with E-state index in [0.717, 1.165) is 11.1 Å². The van der Waals surface area contributed by atoms with Crippen molar-refractivity contribution in [2.24, 2.45) is 0 Å². The lowest BCUT2D eigenvalue weighted by atomic mass is 10.1. The number of benzene rings is 1. The third kappa shape index (κ3) is 2.51. The fraction of sp³-hybridized carbons (Fsp3) is 0.385. The number of amides is 1. The number of methoxy groups -OCH3 is 1. The molecule has 0 saturated heterocycles. The SMILES string of the molecule is COCCC(=O)N1Cc2ccc(C(=O)O)cc2C1. The van der Waals surface area contributed by atoms with Crippen LogP contribution in [0, 0.1) is 0 Å². The molecule has 96 valence electrons. The largest absolute Gasteiger partial charge is 0.478 e. The van der Waals surface area contributed by atoms with Crippen LogP contribution < -0.4 is 0 Å². The molecule has 0 aliphatic carbocycles. The van der Waals surface area contributed by atoms with Gasteiger partial charge in [0.1, 0.15) is 0 Å². The fourth-order valence-corrected chi connectivity index (χ4v) is 2.05. The number of fused-ring (bicyclic) bond motifs is 1. The highest BCUT2D eigenvalue weighted by molar-refractivity contribution is 5.88. The third-order valence-corrected chi connectivity index (χ3v) is 3.05. The molecule has 0 atom stereocenters. The van der Waals surface area contributed by atoms with Crippen molar-refractivity contribution in [3.63, 3.8) is 0 Å².